The van der Waals surface area contributed by atoms with Crippen LogP contribution in [0.25, 0.3) is 11.3 Å². The van der Waals surface area contributed by atoms with Gasteiger partial charge in [-0.05, 0) is 23.8 Å². The van der Waals surface area contributed by atoms with Crippen LogP contribution in [-0.4, -0.2) is 4.98 Å². The second-order valence-electron chi connectivity index (χ2n) is 3.36. The van der Waals surface area contributed by atoms with Crippen molar-refractivity contribution in [2.75, 3.05) is 0 Å². The first-order valence-electron chi connectivity index (χ1n) is 4.88. The van der Waals surface area contributed by atoms with E-state index in [9.17, 15) is 0 Å². The highest BCUT2D eigenvalue weighted by Crippen LogP contribution is 2.24. The van der Waals surface area contributed by atoms with Gasteiger partial charge in [0.15, 0.2) is 0 Å². The predicted molar refractivity (Wildman–Crippen MR) is 64.0 cm³/mol. The van der Waals surface area contributed by atoms with E-state index < -0.39 is 0 Å². The van der Waals surface area contributed by atoms with Gasteiger partial charge in [0.1, 0.15) is 0 Å². The Labute approximate surface area is 99.1 Å². The second kappa shape index (κ2) is 4.78. The molecule has 0 aliphatic heterocycles. The minimum atomic E-state index is 0.357. The Morgan fingerprint density at radius 3 is 2.88 bits per heavy atom. The number of halogens is 1. The topological polar surface area (TPSA) is 36.7 Å². The monoisotopic (exact) mass is 228 g/mol. The third-order valence-electron chi connectivity index (χ3n) is 2.26. The average Bonchev–Trinajstić information content (AvgIpc) is 2.30. The molecule has 0 fully saturated rings. The van der Waals surface area contributed by atoms with Gasteiger partial charge in [-0.1, -0.05) is 29.8 Å². The molecule has 3 heteroatoms. The molecule has 0 atom stereocenters. The molecule has 2 rings (SSSR count). The van der Waals surface area contributed by atoms with Crippen LogP contribution in [0.5, 0.6) is 0 Å². The lowest BCUT2D eigenvalue weighted by atomic mass is 10.0. The molecule has 0 radical (unpaired) electrons. The Hall–Kier alpha value is -1.85. The van der Waals surface area contributed by atoms with Gasteiger partial charge in [0.2, 0.25) is 0 Å². The van der Waals surface area contributed by atoms with E-state index in [1.807, 2.05) is 36.4 Å². The van der Waals surface area contributed by atoms with E-state index in [1.165, 1.54) is 0 Å². The highest BCUT2D eigenvalue weighted by molar-refractivity contribution is 6.30. The number of rotatable bonds is 2. The minimum Gasteiger partial charge on any atom is -0.256 e. The molecular formula is C13H9ClN2. The molecule has 0 bridgehead atoms. The van der Waals surface area contributed by atoms with Gasteiger partial charge in [0.05, 0.1) is 18.2 Å². The van der Waals surface area contributed by atoms with Crippen molar-refractivity contribution in [2.45, 2.75) is 6.42 Å². The Kier molecular flexibility index (Phi) is 3.19. The molecule has 2 aromatic rings. The lowest BCUT2D eigenvalue weighted by Gasteiger charge is -2.05. The fraction of sp³-hybridized carbons (Fsp3) is 0.0769. The van der Waals surface area contributed by atoms with Crippen LogP contribution in [0.1, 0.15) is 5.56 Å². The predicted octanol–water partition coefficient (Wildman–Crippen LogP) is 3.47. The number of hydrogen-bond acceptors (Lipinski definition) is 2. The maximum absolute atomic E-state index is 8.74. The van der Waals surface area contributed by atoms with Crippen molar-refractivity contribution in [3.8, 4) is 17.3 Å². The van der Waals surface area contributed by atoms with E-state index in [1.54, 1.807) is 6.20 Å². The van der Waals surface area contributed by atoms with Gasteiger partial charge in [0, 0.05) is 16.8 Å². The quantitative estimate of drug-likeness (QED) is 0.789. The number of nitrogens with zero attached hydrogens (tertiary/aromatic N) is 2. The number of nitriles is 1. The molecule has 0 unspecified atom stereocenters. The first kappa shape index (κ1) is 10.7. The van der Waals surface area contributed by atoms with Crippen molar-refractivity contribution in [1.29, 1.82) is 5.26 Å². The molecule has 16 heavy (non-hydrogen) atoms. The minimum absolute atomic E-state index is 0.357. The molecule has 2 nitrogen and oxygen atoms in total. The van der Waals surface area contributed by atoms with E-state index in [0.717, 1.165) is 16.8 Å². The number of pyridine rings is 1. The maximum atomic E-state index is 8.74. The van der Waals surface area contributed by atoms with Crippen LogP contribution in [0.3, 0.4) is 0 Å². The van der Waals surface area contributed by atoms with E-state index in [0.29, 0.717) is 11.4 Å². The van der Waals surface area contributed by atoms with Gasteiger partial charge in [-0.25, -0.2) is 0 Å². The Morgan fingerprint density at radius 2 is 2.12 bits per heavy atom. The summed E-state index contributed by atoms with van der Waals surface area (Å²) >= 11 is 5.93. The highest BCUT2D eigenvalue weighted by atomic mass is 35.5. The number of benzene rings is 1. The van der Waals surface area contributed by atoms with Crippen LogP contribution in [-0.2, 0) is 6.42 Å². The molecule has 1 aromatic carbocycles. The molecule has 1 heterocycles. The van der Waals surface area contributed by atoms with Gasteiger partial charge in [0.25, 0.3) is 0 Å². The summed E-state index contributed by atoms with van der Waals surface area (Å²) in [4.78, 5) is 4.30. The first-order chi connectivity index (χ1) is 7.81. The van der Waals surface area contributed by atoms with Crippen molar-refractivity contribution >= 4 is 11.6 Å². The molecule has 0 aliphatic carbocycles. The van der Waals surface area contributed by atoms with Gasteiger partial charge in [-0.15, -0.1) is 0 Å². The average molecular weight is 229 g/mol. The smallest absolute Gasteiger partial charge is 0.0744 e. The van der Waals surface area contributed by atoms with Crippen molar-refractivity contribution in [3.05, 3.63) is 53.2 Å². The van der Waals surface area contributed by atoms with E-state index in [2.05, 4.69) is 11.1 Å². The number of aromatic nitrogens is 1. The summed E-state index contributed by atoms with van der Waals surface area (Å²) in [6, 6.07) is 13.4. The molecule has 0 saturated carbocycles. The van der Waals surface area contributed by atoms with Crippen molar-refractivity contribution in [1.82, 2.24) is 4.98 Å². The summed E-state index contributed by atoms with van der Waals surface area (Å²) in [5.41, 5.74) is 2.69. The summed E-state index contributed by atoms with van der Waals surface area (Å²) in [6.45, 7) is 0. The number of hydrogen-bond donors (Lipinski definition) is 0. The third-order valence-corrected chi connectivity index (χ3v) is 2.49. The SMILES string of the molecule is N#CCc1cccnc1-c1cccc(Cl)c1. The zero-order valence-corrected chi connectivity index (χ0v) is 9.28. The highest BCUT2D eigenvalue weighted by Gasteiger charge is 2.05. The Bertz CT molecular complexity index is 544. The maximum Gasteiger partial charge on any atom is 0.0744 e. The van der Waals surface area contributed by atoms with Gasteiger partial charge in [-0.3, -0.25) is 4.98 Å². The Morgan fingerprint density at radius 1 is 1.25 bits per heavy atom. The summed E-state index contributed by atoms with van der Waals surface area (Å²) in [7, 11) is 0. The Balaban J connectivity index is 2.52. The fourth-order valence-electron chi connectivity index (χ4n) is 1.56. The van der Waals surface area contributed by atoms with Gasteiger partial charge >= 0.3 is 0 Å². The summed E-state index contributed by atoms with van der Waals surface area (Å²) in [5, 5.41) is 9.41. The summed E-state index contributed by atoms with van der Waals surface area (Å²) < 4.78 is 0. The lowest BCUT2D eigenvalue weighted by Crippen LogP contribution is -1.91. The lowest BCUT2D eigenvalue weighted by molar-refractivity contribution is 1.20. The summed E-state index contributed by atoms with van der Waals surface area (Å²) in [5.74, 6) is 0. The van der Waals surface area contributed by atoms with Crippen LogP contribution >= 0.6 is 11.6 Å². The standard InChI is InChI=1S/C13H9ClN2/c14-12-5-1-3-11(9-12)13-10(6-7-15)4-2-8-16-13/h1-5,8-9H,6H2. The van der Waals surface area contributed by atoms with Gasteiger partial charge < -0.3 is 0 Å². The van der Waals surface area contributed by atoms with Crippen molar-refractivity contribution in [3.63, 3.8) is 0 Å². The van der Waals surface area contributed by atoms with E-state index in [-0.39, 0.29) is 0 Å². The molecule has 0 N–H and O–H groups in total. The molecule has 0 amide bonds. The van der Waals surface area contributed by atoms with E-state index in [4.69, 9.17) is 16.9 Å². The van der Waals surface area contributed by atoms with Crippen LogP contribution in [0.2, 0.25) is 5.02 Å². The molecule has 0 saturated heterocycles. The summed E-state index contributed by atoms with van der Waals surface area (Å²) in [6.07, 6.45) is 2.08. The first-order valence-corrected chi connectivity index (χ1v) is 5.26. The van der Waals surface area contributed by atoms with Crippen LogP contribution in [0, 0.1) is 11.3 Å². The van der Waals surface area contributed by atoms with Crippen LogP contribution in [0.4, 0.5) is 0 Å². The second-order valence-corrected chi connectivity index (χ2v) is 3.79. The molecule has 1 aromatic heterocycles. The fourth-order valence-corrected chi connectivity index (χ4v) is 1.75. The normalized spacial score (nSPS) is 9.75. The molecule has 0 spiro atoms. The van der Waals surface area contributed by atoms with Crippen molar-refractivity contribution in [2.24, 2.45) is 0 Å². The molecular weight excluding hydrogens is 220 g/mol. The van der Waals surface area contributed by atoms with Crippen LogP contribution in [0.15, 0.2) is 42.6 Å². The van der Waals surface area contributed by atoms with Gasteiger partial charge in [-0.2, -0.15) is 5.26 Å². The van der Waals surface area contributed by atoms with E-state index >= 15 is 0 Å². The van der Waals surface area contributed by atoms with Crippen LogP contribution < -0.4 is 0 Å². The van der Waals surface area contributed by atoms with Crippen molar-refractivity contribution < 1.29 is 0 Å². The molecule has 0 aliphatic rings. The molecule has 78 valence electrons. The zero-order valence-electron chi connectivity index (χ0n) is 8.52. The zero-order chi connectivity index (χ0) is 11.4. The third kappa shape index (κ3) is 2.21. The largest absolute Gasteiger partial charge is 0.256 e.